The average Bonchev–Trinajstić information content (AvgIpc) is 2.39. The van der Waals surface area contributed by atoms with Gasteiger partial charge in [-0.3, -0.25) is 9.69 Å². The van der Waals surface area contributed by atoms with Crippen LogP contribution in [0.5, 0.6) is 11.5 Å². The van der Waals surface area contributed by atoms with Crippen LogP contribution in [-0.4, -0.2) is 55.7 Å². The molecule has 1 aromatic rings. The van der Waals surface area contributed by atoms with Gasteiger partial charge in [0.1, 0.15) is 11.5 Å². The van der Waals surface area contributed by atoms with Crippen LogP contribution in [0, 0.1) is 0 Å². The van der Waals surface area contributed by atoms with E-state index in [4.69, 9.17) is 9.47 Å². The molecule has 5 heteroatoms. The summed E-state index contributed by atoms with van der Waals surface area (Å²) in [5.74, 6) is 0.417. The van der Waals surface area contributed by atoms with E-state index in [9.17, 15) is 9.90 Å². The highest BCUT2D eigenvalue weighted by molar-refractivity contribution is 6.00. The van der Waals surface area contributed by atoms with Gasteiger partial charge in [0.05, 0.1) is 32.4 Å². The van der Waals surface area contributed by atoms with Crippen molar-refractivity contribution in [1.82, 2.24) is 4.90 Å². The molecule has 1 N–H and O–H groups in total. The number of rotatable bonds is 4. The Morgan fingerprint density at radius 3 is 2.78 bits per heavy atom. The third-order valence-corrected chi connectivity index (χ3v) is 2.98. The van der Waals surface area contributed by atoms with E-state index in [0.29, 0.717) is 31.1 Å². The fourth-order valence-electron chi connectivity index (χ4n) is 1.92. The molecule has 98 valence electrons. The zero-order valence-corrected chi connectivity index (χ0v) is 10.4. The van der Waals surface area contributed by atoms with Crippen molar-refractivity contribution in [3.05, 3.63) is 23.8 Å². The highest BCUT2D eigenvalue weighted by Gasteiger charge is 2.17. The first-order chi connectivity index (χ1) is 8.70. The van der Waals surface area contributed by atoms with Crippen LogP contribution in [0.15, 0.2) is 18.2 Å². The summed E-state index contributed by atoms with van der Waals surface area (Å²) in [4.78, 5) is 14.1. The Kier molecular flexibility index (Phi) is 4.17. The molecule has 1 fully saturated rings. The fourth-order valence-corrected chi connectivity index (χ4v) is 1.92. The molecule has 1 aliphatic rings. The van der Waals surface area contributed by atoms with Crippen molar-refractivity contribution in [2.75, 3.05) is 40.0 Å². The average molecular weight is 251 g/mol. The lowest BCUT2D eigenvalue weighted by molar-refractivity contribution is 0.0370. The molecule has 0 unspecified atom stereocenters. The molecule has 1 saturated heterocycles. The number of hydrogen-bond acceptors (Lipinski definition) is 5. The maximum atomic E-state index is 12.1. The molecular formula is C13H17NO4. The molecule has 5 nitrogen and oxygen atoms in total. The normalized spacial score (nSPS) is 16.5. The molecule has 0 radical (unpaired) electrons. The third-order valence-electron chi connectivity index (χ3n) is 2.98. The summed E-state index contributed by atoms with van der Waals surface area (Å²) in [6.45, 7) is 3.12. The molecule has 1 aromatic carbocycles. The van der Waals surface area contributed by atoms with Crippen molar-refractivity contribution in [3.63, 3.8) is 0 Å². The van der Waals surface area contributed by atoms with Crippen molar-refractivity contribution in [1.29, 1.82) is 0 Å². The van der Waals surface area contributed by atoms with Gasteiger partial charge in [-0.2, -0.15) is 0 Å². The Labute approximate surface area is 106 Å². The van der Waals surface area contributed by atoms with Crippen LogP contribution in [0.1, 0.15) is 10.4 Å². The van der Waals surface area contributed by atoms with Gasteiger partial charge in [0.15, 0.2) is 5.78 Å². The number of ether oxygens (including phenoxy) is 2. The summed E-state index contributed by atoms with van der Waals surface area (Å²) in [5, 5.41) is 9.78. The molecule has 0 aliphatic carbocycles. The van der Waals surface area contributed by atoms with E-state index < -0.39 is 0 Å². The van der Waals surface area contributed by atoms with Crippen LogP contribution < -0.4 is 4.74 Å². The quantitative estimate of drug-likeness (QED) is 0.806. The highest BCUT2D eigenvalue weighted by atomic mass is 16.5. The molecule has 2 rings (SSSR count). The summed E-state index contributed by atoms with van der Waals surface area (Å²) in [5.41, 5.74) is 0.335. The predicted molar refractivity (Wildman–Crippen MR) is 66.2 cm³/mol. The molecule has 0 spiro atoms. The van der Waals surface area contributed by atoms with Gasteiger partial charge < -0.3 is 14.6 Å². The lowest BCUT2D eigenvalue weighted by atomic mass is 10.1. The van der Waals surface area contributed by atoms with Gasteiger partial charge in [0, 0.05) is 19.2 Å². The van der Waals surface area contributed by atoms with Crippen molar-refractivity contribution >= 4 is 5.78 Å². The standard InChI is InChI=1S/C13H17NO4/c1-17-10-2-3-11(12(15)8-10)13(16)9-14-4-6-18-7-5-14/h2-3,8,15H,4-7,9H2,1H3. The third kappa shape index (κ3) is 3.00. The van der Waals surface area contributed by atoms with E-state index in [2.05, 4.69) is 0 Å². The second kappa shape index (κ2) is 5.84. The van der Waals surface area contributed by atoms with Gasteiger partial charge in [0.25, 0.3) is 0 Å². The number of Topliss-reactive ketones (excluding diaryl/α,β-unsaturated/α-hetero) is 1. The second-order valence-corrected chi connectivity index (χ2v) is 4.19. The van der Waals surface area contributed by atoms with Crippen molar-refractivity contribution in [2.24, 2.45) is 0 Å². The van der Waals surface area contributed by atoms with Gasteiger partial charge in [0.2, 0.25) is 0 Å². The van der Waals surface area contributed by atoms with Gasteiger partial charge >= 0.3 is 0 Å². The van der Waals surface area contributed by atoms with Crippen molar-refractivity contribution < 1.29 is 19.4 Å². The minimum absolute atomic E-state index is 0.0346. The number of methoxy groups -OCH3 is 1. The Morgan fingerprint density at radius 2 is 2.17 bits per heavy atom. The van der Waals surface area contributed by atoms with Crippen LogP contribution in [0.25, 0.3) is 0 Å². The summed E-state index contributed by atoms with van der Waals surface area (Å²) < 4.78 is 10.2. The number of hydrogen-bond donors (Lipinski definition) is 1. The smallest absolute Gasteiger partial charge is 0.180 e. The van der Waals surface area contributed by atoms with Crippen LogP contribution >= 0.6 is 0 Å². The molecule has 1 aliphatic heterocycles. The molecule has 0 saturated carbocycles. The maximum Gasteiger partial charge on any atom is 0.180 e. The molecule has 0 amide bonds. The maximum absolute atomic E-state index is 12.1. The molecule has 0 bridgehead atoms. The number of phenolic OH excluding ortho intramolecular Hbond substituents is 1. The number of benzene rings is 1. The van der Waals surface area contributed by atoms with Crippen LogP contribution in [0.3, 0.4) is 0 Å². The van der Waals surface area contributed by atoms with Crippen LogP contribution in [0.4, 0.5) is 0 Å². The van der Waals surface area contributed by atoms with Crippen LogP contribution in [-0.2, 0) is 4.74 Å². The van der Waals surface area contributed by atoms with E-state index in [1.165, 1.54) is 13.2 Å². The summed E-state index contributed by atoms with van der Waals surface area (Å²) >= 11 is 0. The number of carbonyl (C=O) groups is 1. The van der Waals surface area contributed by atoms with Crippen LogP contribution in [0.2, 0.25) is 0 Å². The zero-order valence-electron chi connectivity index (χ0n) is 10.4. The monoisotopic (exact) mass is 251 g/mol. The number of carbonyl (C=O) groups excluding carboxylic acids is 1. The predicted octanol–water partition coefficient (Wildman–Crippen LogP) is 0.916. The Hall–Kier alpha value is -1.59. The Balaban J connectivity index is 2.03. The Morgan fingerprint density at radius 1 is 1.44 bits per heavy atom. The molecular weight excluding hydrogens is 234 g/mol. The minimum atomic E-state index is -0.0861. The fraction of sp³-hybridized carbons (Fsp3) is 0.462. The van der Waals surface area contributed by atoms with Gasteiger partial charge in [-0.15, -0.1) is 0 Å². The topological polar surface area (TPSA) is 59.0 Å². The first-order valence-electron chi connectivity index (χ1n) is 5.91. The zero-order chi connectivity index (χ0) is 13.0. The minimum Gasteiger partial charge on any atom is -0.507 e. The molecule has 0 atom stereocenters. The van der Waals surface area contributed by atoms with E-state index in [0.717, 1.165) is 13.1 Å². The molecule has 18 heavy (non-hydrogen) atoms. The number of phenols is 1. The SMILES string of the molecule is COc1ccc(C(=O)CN2CCOCC2)c(O)c1. The summed E-state index contributed by atoms with van der Waals surface area (Å²) in [6, 6.07) is 4.72. The van der Waals surface area contributed by atoms with Crippen molar-refractivity contribution in [2.45, 2.75) is 0 Å². The molecule has 1 heterocycles. The summed E-state index contributed by atoms with van der Waals surface area (Å²) in [7, 11) is 1.52. The van der Waals surface area contributed by atoms with E-state index >= 15 is 0 Å². The largest absolute Gasteiger partial charge is 0.507 e. The van der Waals surface area contributed by atoms with E-state index in [-0.39, 0.29) is 11.5 Å². The summed E-state index contributed by atoms with van der Waals surface area (Å²) in [6.07, 6.45) is 0. The number of morpholine rings is 1. The first-order valence-corrected chi connectivity index (χ1v) is 5.91. The number of ketones is 1. The Bertz CT molecular complexity index is 427. The van der Waals surface area contributed by atoms with E-state index in [1.807, 2.05) is 4.90 Å². The van der Waals surface area contributed by atoms with Crippen molar-refractivity contribution in [3.8, 4) is 11.5 Å². The van der Waals surface area contributed by atoms with Gasteiger partial charge in [-0.25, -0.2) is 0 Å². The molecule has 0 aromatic heterocycles. The number of nitrogens with zero attached hydrogens (tertiary/aromatic N) is 1. The lowest BCUT2D eigenvalue weighted by Crippen LogP contribution is -2.39. The lowest BCUT2D eigenvalue weighted by Gasteiger charge is -2.25. The van der Waals surface area contributed by atoms with Gasteiger partial charge in [-0.05, 0) is 12.1 Å². The number of aromatic hydroxyl groups is 1. The first kappa shape index (κ1) is 12.9. The highest BCUT2D eigenvalue weighted by Crippen LogP contribution is 2.23. The second-order valence-electron chi connectivity index (χ2n) is 4.19. The van der Waals surface area contributed by atoms with E-state index in [1.54, 1.807) is 12.1 Å². The van der Waals surface area contributed by atoms with Gasteiger partial charge in [-0.1, -0.05) is 0 Å².